The first-order valence-corrected chi connectivity index (χ1v) is 15.1. The Hall–Kier alpha value is -5.23. The summed E-state index contributed by atoms with van der Waals surface area (Å²) in [4.78, 5) is 40.8. The molecule has 0 unspecified atom stereocenters. The number of ether oxygens (including phenoxy) is 1. The number of hydrogen-bond acceptors (Lipinski definition) is 6. The first-order chi connectivity index (χ1) is 22.5. The van der Waals surface area contributed by atoms with Crippen molar-refractivity contribution in [2.75, 3.05) is 31.6 Å². The van der Waals surface area contributed by atoms with Crippen LogP contribution in [-0.4, -0.2) is 68.9 Å². The minimum Gasteiger partial charge on any atom is -0.439 e. The fraction of sp³-hybridized carbons (Fsp3) is 0.257. The average Bonchev–Trinajstić information content (AvgIpc) is 3.39. The number of carbonyl (C=O) groups excluding carboxylic acids is 2. The third kappa shape index (κ3) is 6.82. The van der Waals surface area contributed by atoms with Crippen LogP contribution in [0, 0.1) is 0 Å². The molecule has 1 aliphatic heterocycles. The van der Waals surface area contributed by atoms with Crippen LogP contribution in [0.5, 0.6) is 11.6 Å². The average molecular weight is 643 g/mol. The van der Waals surface area contributed by atoms with Gasteiger partial charge in [0.2, 0.25) is 5.88 Å². The first kappa shape index (κ1) is 31.7. The molecule has 6 rings (SSSR count). The molecule has 9 nitrogen and oxygen atoms in total. The van der Waals surface area contributed by atoms with Crippen molar-refractivity contribution in [2.24, 2.45) is 7.05 Å². The maximum atomic E-state index is 13.7. The molecule has 2 aromatic carbocycles. The summed E-state index contributed by atoms with van der Waals surface area (Å²) in [6.45, 7) is 4.96. The summed E-state index contributed by atoms with van der Waals surface area (Å²) in [5.74, 6) is 0.305. The summed E-state index contributed by atoms with van der Waals surface area (Å²) in [6.07, 6.45) is -1.23. The van der Waals surface area contributed by atoms with E-state index in [4.69, 9.17) is 4.74 Å². The lowest BCUT2D eigenvalue weighted by molar-refractivity contribution is -0.137. The summed E-state index contributed by atoms with van der Waals surface area (Å²) in [5, 5.41) is 0.841. The summed E-state index contributed by atoms with van der Waals surface area (Å²) in [7, 11) is 3.39. The second kappa shape index (κ2) is 12.9. The van der Waals surface area contributed by atoms with E-state index in [2.05, 4.69) is 21.8 Å². The molecule has 0 spiro atoms. The lowest BCUT2D eigenvalue weighted by Gasteiger charge is -2.39. The van der Waals surface area contributed by atoms with Crippen LogP contribution in [0.3, 0.4) is 0 Å². The Bertz CT molecular complexity index is 1890. The zero-order chi connectivity index (χ0) is 33.3. The van der Waals surface area contributed by atoms with Crippen molar-refractivity contribution in [3.63, 3.8) is 0 Å². The highest BCUT2D eigenvalue weighted by atomic mass is 19.4. The van der Waals surface area contributed by atoms with Gasteiger partial charge in [-0.2, -0.15) is 13.2 Å². The maximum Gasteiger partial charge on any atom is 0.416 e. The predicted molar refractivity (Wildman–Crippen MR) is 171 cm³/mol. The molecular formula is C35H33F3N6O3. The molecule has 47 heavy (non-hydrogen) atoms. The fourth-order valence-electron chi connectivity index (χ4n) is 5.81. The van der Waals surface area contributed by atoms with E-state index in [1.165, 1.54) is 18.1 Å². The van der Waals surface area contributed by atoms with E-state index in [-0.39, 0.29) is 23.4 Å². The molecule has 0 N–H and O–H groups in total. The second-order valence-corrected chi connectivity index (χ2v) is 11.6. The highest BCUT2D eigenvalue weighted by Crippen LogP contribution is 2.31. The highest BCUT2D eigenvalue weighted by molar-refractivity contribution is 6.05. The fourth-order valence-corrected chi connectivity index (χ4v) is 5.81. The van der Waals surface area contributed by atoms with E-state index in [0.29, 0.717) is 23.7 Å². The molecule has 4 heterocycles. The number of anilines is 1. The Morgan fingerprint density at radius 2 is 1.77 bits per heavy atom. The standard InChI is InChI=1S/C35H33F3N6O3/c1-23-21-43(22-27-6-4-5-15-39-27)16-17-44(23)34(46)31-19-25-18-29(12-13-30(25)42(31)3)47-32-14-11-28(20-40-32)41(2)33(45)24-7-9-26(10-8-24)35(36,37)38/h4-15,18-20,23H,16-17,21-22H2,1-3H3/t23-/m0/s1. The number of aryl methyl sites for hydroxylation is 1. The van der Waals surface area contributed by atoms with Gasteiger partial charge < -0.3 is 19.1 Å². The molecule has 2 amide bonds. The number of halogens is 3. The van der Waals surface area contributed by atoms with Gasteiger partial charge in [-0.1, -0.05) is 6.07 Å². The summed E-state index contributed by atoms with van der Waals surface area (Å²) in [6, 6.07) is 20.6. The van der Waals surface area contributed by atoms with Crippen LogP contribution in [0.25, 0.3) is 10.9 Å². The number of carbonyl (C=O) groups is 2. The second-order valence-electron chi connectivity index (χ2n) is 11.6. The number of hydrogen-bond donors (Lipinski definition) is 0. The Labute approximate surface area is 269 Å². The molecular weight excluding hydrogens is 609 g/mol. The lowest BCUT2D eigenvalue weighted by atomic mass is 10.1. The number of amides is 2. The topological polar surface area (TPSA) is 83.8 Å². The molecule has 1 saturated heterocycles. The molecule has 5 aromatic rings. The number of aromatic nitrogens is 3. The van der Waals surface area contributed by atoms with Crippen LogP contribution in [0.15, 0.2) is 91.3 Å². The number of fused-ring (bicyclic) bond motifs is 1. The van der Waals surface area contributed by atoms with Gasteiger partial charge in [-0.3, -0.25) is 19.5 Å². The Morgan fingerprint density at radius 1 is 0.979 bits per heavy atom. The van der Waals surface area contributed by atoms with Crippen LogP contribution in [0.2, 0.25) is 0 Å². The first-order valence-electron chi connectivity index (χ1n) is 15.1. The van der Waals surface area contributed by atoms with Gasteiger partial charge in [-0.25, -0.2) is 4.98 Å². The Kier molecular flexibility index (Phi) is 8.69. The monoisotopic (exact) mass is 642 g/mol. The van der Waals surface area contributed by atoms with Gasteiger partial charge >= 0.3 is 6.18 Å². The van der Waals surface area contributed by atoms with Crippen molar-refractivity contribution in [2.45, 2.75) is 25.7 Å². The van der Waals surface area contributed by atoms with Gasteiger partial charge in [0.05, 0.1) is 23.1 Å². The third-order valence-corrected chi connectivity index (χ3v) is 8.41. The van der Waals surface area contributed by atoms with Crippen LogP contribution in [0.1, 0.15) is 39.0 Å². The van der Waals surface area contributed by atoms with Crippen molar-refractivity contribution < 1.29 is 27.5 Å². The number of alkyl halides is 3. The molecule has 1 fully saturated rings. The van der Waals surface area contributed by atoms with Crippen molar-refractivity contribution in [1.82, 2.24) is 24.3 Å². The van der Waals surface area contributed by atoms with Crippen LogP contribution >= 0.6 is 0 Å². The summed E-state index contributed by atoms with van der Waals surface area (Å²) < 4.78 is 46.5. The van der Waals surface area contributed by atoms with Crippen LogP contribution in [0.4, 0.5) is 18.9 Å². The molecule has 3 aromatic heterocycles. The van der Waals surface area contributed by atoms with Crippen LogP contribution < -0.4 is 9.64 Å². The van der Waals surface area contributed by atoms with E-state index < -0.39 is 17.6 Å². The van der Waals surface area contributed by atoms with E-state index in [1.54, 1.807) is 24.4 Å². The van der Waals surface area contributed by atoms with E-state index in [9.17, 15) is 22.8 Å². The van der Waals surface area contributed by atoms with Gasteiger partial charge in [0.15, 0.2) is 0 Å². The summed E-state index contributed by atoms with van der Waals surface area (Å²) >= 11 is 0. The molecule has 0 radical (unpaired) electrons. The molecule has 1 atom stereocenters. The molecule has 0 saturated carbocycles. The quantitative estimate of drug-likeness (QED) is 0.204. The number of piperazine rings is 1. The normalized spacial score (nSPS) is 15.5. The van der Waals surface area contributed by atoms with Crippen molar-refractivity contribution in [3.8, 4) is 11.6 Å². The number of rotatable bonds is 7. The third-order valence-electron chi connectivity index (χ3n) is 8.41. The highest BCUT2D eigenvalue weighted by Gasteiger charge is 2.31. The van der Waals surface area contributed by atoms with Gasteiger partial charge in [0.1, 0.15) is 11.4 Å². The molecule has 242 valence electrons. The van der Waals surface area contributed by atoms with Gasteiger partial charge in [0, 0.05) is 75.0 Å². The van der Waals surface area contributed by atoms with E-state index >= 15 is 0 Å². The Balaban J connectivity index is 1.10. The Morgan fingerprint density at radius 3 is 2.43 bits per heavy atom. The lowest BCUT2D eigenvalue weighted by Crippen LogP contribution is -2.53. The van der Waals surface area contributed by atoms with Gasteiger partial charge in [-0.05, 0) is 73.7 Å². The molecule has 1 aliphatic rings. The molecule has 12 heteroatoms. The van der Waals surface area contributed by atoms with Crippen molar-refractivity contribution >= 4 is 28.4 Å². The minimum absolute atomic E-state index is 0.0247. The van der Waals surface area contributed by atoms with Gasteiger partial charge in [-0.15, -0.1) is 0 Å². The van der Waals surface area contributed by atoms with Gasteiger partial charge in [0.25, 0.3) is 11.8 Å². The predicted octanol–water partition coefficient (Wildman–Crippen LogP) is 6.40. The molecule has 0 aliphatic carbocycles. The zero-order valence-corrected chi connectivity index (χ0v) is 26.1. The van der Waals surface area contributed by atoms with E-state index in [0.717, 1.165) is 60.5 Å². The smallest absolute Gasteiger partial charge is 0.416 e. The molecule has 0 bridgehead atoms. The zero-order valence-electron chi connectivity index (χ0n) is 26.1. The van der Waals surface area contributed by atoms with Crippen LogP contribution in [-0.2, 0) is 19.8 Å². The van der Waals surface area contributed by atoms with Crippen molar-refractivity contribution in [3.05, 3.63) is 114 Å². The maximum absolute atomic E-state index is 13.7. The largest absolute Gasteiger partial charge is 0.439 e. The number of pyridine rings is 2. The SMILES string of the molecule is C[C@H]1CN(Cc2ccccn2)CCN1C(=O)c1cc2cc(Oc3ccc(N(C)C(=O)c4ccc(C(F)(F)F)cc4)cn3)ccc2n1C. The summed E-state index contributed by atoms with van der Waals surface area (Å²) in [5.41, 5.74) is 2.22. The van der Waals surface area contributed by atoms with E-state index in [1.807, 2.05) is 52.9 Å². The minimum atomic E-state index is -4.48. The van der Waals surface area contributed by atoms with Crippen molar-refractivity contribution in [1.29, 1.82) is 0 Å². The number of nitrogens with zero attached hydrogens (tertiary/aromatic N) is 6. The number of benzene rings is 2.